The van der Waals surface area contributed by atoms with Crippen LogP contribution < -0.4 is 0 Å². The Balaban J connectivity index is 1.89. The summed E-state index contributed by atoms with van der Waals surface area (Å²) in [5.41, 5.74) is 0. The average molecular weight is 250 g/mol. The minimum atomic E-state index is 0.530. The smallest absolute Gasteiger partial charge is 0.0876 e. The lowest BCUT2D eigenvalue weighted by molar-refractivity contribution is 0.358. The van der Waals surface area contributed by atoms with Crippen LogP contribution in [-0.2, 0) is 4.74 Å². The molecule has 0 N–H and O–H groups in total. The van der Waals surface area contributed by atoms with Crippen LogP contribution in [0.25, 0.3) is 0 Å². The molecule has 1 aliphatic heterocycles. The molecule has 18 heavy (non-hydrogen) atoms. The standard InChI is InChI=1S/C17H30O/c1-3-5-7-9-11-13-15-17-16(18-17)14-12-10-8-6-4-2/h5,7,11,13,16-17H,3-4,6,8-10,12,14-15H2,1-2H3. The third-order valence-corrected chi connectivity index (χ3v) is 3.49. The number of hydrogen-bond donors (Lipinski definition) is 0. The predicted molar refractivity (Wildman–Crippen MR) is 79.8 cm³/mol. The predicted octanol–water partition coefficient (Wildman–Crippen LogP) is 5.42. The summed E-state index contributed by atoms with van der Waals surface area (Å²) in [5, 5.41) is 0. The molecular formula is C17H30O. The Kier molecular flexibility index (Phi) is 8.93. The maximum Gasteiger partial charge on any atom is 0.0876 e. The number of unbranched alkanes of at least 4 members (excludes halogenated alkanes) is 4. The first kappa shape index (κ1) is 15.5. The van der Waals surface area contributed by atoms with E-state index in [0.29, 0.717) is 12.2 Å². The lowest BCUT2D eigenvalue weighted by Crippen LogP contribution is -1.92. The van der Waals surface area contributed by atoms with Crippen LogP contribution in [-0.4, -0.2) is 12.2 Å². The highest BCUT2D eigenvalue weighted by Crippen LogP contribution is 2.30. The van der Waals surface area contributed by atoms with Gasteiger partial charge in [-0.05, 0) is 25.7 Å². The van der Waals surface area contributed by atoms with Crippen LogP contribution >= 0.6 is 0 Å². The SMILES string of the molecule is CCC=CCC=CCC1OC1CCCCCCC. The van der Waals surface area contributed by atoms with Gasteiger partial charge in [-0.2, -0.15) is 0 Å². The molecule has 104 valence electrons. The molecule has 1 heterocycles. The molecule has 0 spiro atoms. The first-order chi connectivity index (χ1) is 8.88. The van der Waals surface area contributed by atoms with Crippen LogP contribution in [0.5, 0.6) is 0 Å². The Bertz CT molecular complexity index is 242. The van der Waals surface area contributed by atoms with Crippen molar-refractivity contribution < 1.29 is 4.74 Å². The molecule has 0 bridgehead atoms. The molecule has 2 atom stereocenters. The third kappa shape index (κ3) is 7.71. The molecule has 0 saturated carbocycles. The fraction of sp³-hybridized carbons (Fsp3) is 0.765. The highest BCUT2D eigenvalue weighted by Gasteiger charge is 2.36. The molecule has 2 unspecified atom stereocenters. The normalized spacial score (nSPS) is 23.2. The number of epoxide rings is 1. The van der Waals surface area contributed by atoms with Crippen molar-refractivity contribution in [3.63, 3.8) is 0 Å². The molecule has 0 aromatic rings. The van der Waals surface area contributed by atoms with Gasteiger partial charge < -0.3 is 4.74 Å². The zero-order valence-electron chi connectivity index (χ0n) is 12.2. The van der Waals surface area contributed by atoms with Gasteiger partial charge in [0.2, 0.25) is 0 Å². The zero-order chi connectivity index (χ0) is 13.1. The molecule has 0 aromatic carbocycles. The van der Waals surface area contributed by atoms with Crippen molar-refractivity contribution >= 4 is 0 Å². The topological polar surface area (TPSA) is 12.5 Å². The van der Waals surface area contributed by atoms with E-state index < -0.39 is 0 Å². The van der Waals surface area contributed by atoms with Crippen molar-refractivity contribution in [3.05, 3.63) is 24.3 Å². The van der Waals surface area contributed by atoms with Crippen LogP contribution in [0.15, 0.2) is 24.3 Å². The van der Waals surface area contributed by atoms with Crippen LogP contribution in [0.1, 0.15) is 71.6 Å². The fourth-order valence-electron chi connectivity index (χ4n) is 2.26. The quantitative estimate of drug-likeness (QED) is 0.271. The second-order valence-corrected chi connectivity index (χ2v) is 5.24. The molecule has 0 amide bonds. The van der Waals surface area contributed by atoms with Gasteiger partial charge in [0.1, 0.15) is 0 Å². The van der Waals surface area contributed by atoms with Crippen LogP contribution in [0.2, 0.25) is 0 Å². The number of allylic oxidation sites excluding steroid dienone is 3. The summed E-state index contributed by atoms with van der Waals surface area (Å²) >= 11 is 0. The van der Waals surface area contributed by atoms with E-state index in [0.717, 1.165) is 19.3 Å². The minimum Gasteiger partial charge on any atom is -0.369 e. The van der Waals surface area contributed by atoms with Gasteiger partial charge >= 0.3 is 0 Å². The van der Waals surface area contributed by atoms with Crippen molar-refractivity contribution in [2.24, 2.45) is 0 Å². The van der Waals surface area contributed by atoms with Gasteiger partial charge in [0.15, 0.2) is 0 Å². The second kappa shape index (κ2) is 10.4. The Hall–Kier alpha value is -0.560. The number of hydrogen-bond acceptors (Lipinski definition) is 1. The summed E-state index contributed by atoms with van der Waals surface area (Å²) in [5.74, 6) is 0. The third-order valence-electron chi connectivity index (χ3n) is 3.49. The molecule has 0 radical (unpaired) electrons. The molecule has 1 heteroatoms. The van der Waals surface area contributed by atoms with Gasteiger partial charge in [-0.25, -0.2) is 0 Å². The van der Waals surface area contributed by atoms with E-state index in [9.17, 15) is 0 Å². The summed E-state index contributed by atoms with van der Waals surface area (Å²) in [6.07, 6.45) is 21.5. The number of ether oxygens (including phenoxy) is 1. The summed E-state index contributed by atoms with van der Waals surface area (Å²) in [7, 11) is 0. The van der Waals surface area contributed by atoms with Crippen molar-refractivity contribution in [2.75, 3.05) is 0 Å². The van der Waals surface area contributed by atoms with Gasteiger partial charge in [-0.15, -0.1) is 0 Å². The lowest BCUT2D eigenvalue weighted by Gasteiger charge is -1.97. The molecular weight excluding hydrogens is 220 g/mol. The Morgan fingerprint density at radius 2 is 1.61 bits per heavy atom. The summed E-state index contributed by atoms with van der Waals surface area (Å²) in [6, 6.07) is 0. The van der Waals surface area contributed by atoms with Gasteiger partial charge in [-0.3, -0.25) is 0 Å². The molecule has 1 nitrogen and oxygen atoms in total. The van der Waals surface area contributed by atoms with E-state index in [4.69, 9.17) is 4.74 Å². The van der Waals surface area contributed by atoms with Gasteiger partial charge in [0.25, 0.3) is 0 Å². The van der Waals surface area contributed by atoms with E-state index >= 15 is 0 Å². The maximum absolute atomic E-state index is 5.68. The highest BCUT2D eigenvalue weighted by molar-refractivity contribution is 4.97. The van der Waals surface area contributed by atoms with E-state index in [2.05, 4.69) is 38.2 Å². The first-order valence-corrected chi connectivity index (χ1v) is 7.84. The summed E-state index contributed by atoms with van der Waals surface area (Å²) in [4.78, 5) is 0. The van der Waals surface area contributed by atoms with E-state index in [1.165, 1.54) is 38.5 Å². The van der Waals surface area contributed by atoms with E-state index in [1.54, 1.807) is 0 Å². The van der Waals surface area contributed by atoms with Crippen LogP contribution in [0.4, 0.5) is 0 Å². The van der Waals surface area contributed by atoms with E-state index in [-0.39, 0.29) is 0 Å². The Morgan fingerprint density at radius 1 is 0.833 bits per heavy atom. The monoisotopic (exact) mass is 250 g/mol. The van der Waals surface area contributed by atoms with Crippen molar-refractivity contribution in [1.82, 2.24) is 0 Å². The molecule has 0 aliphatic carbocycles. The van der Waals surface area contributed by atoms with Crippen molar-refractivity contribution in [1.29, 1.82) is 0 Å². The molecule has 1 saturated heterocycles. The molecule has 1 aliphatic rings. The van der Waals surface area contributed by atoms with Crippen LogP contribution in [0.3, 0.4) is 0 Å². The second-order valence-electron chi connectivity index (χ2n) is 5.24. The Morgan fingerprint density at radius 3 is 2.39 bits per heavy atom. The minimum absolute atomic E-state index is 0.530. The molecule has 0 aromatic heterocycles. The van der Waals surface area contributed by atoms with Gasteiger partial charge in [0, 0.05) is 0 Å². The van der Waals surface area contributed by atoms with Gasteiger partial charge in [0.05, 0.1) is 12.2 Å². The Labute approximate surface area is 113 Å². The highest BCUT2D eigenvalue weighted by atomic mass is 16.6. The number of rotatable bonds is 11. The summed E-state index contributed by atoms with van der Waals surface area (Å²) < 4.78 is 5.68. The molecule has 1 rings (SSSR count). The summed E-state index contributed by atoms with van der Waals surface area (Å²) in [6.45, 7) is 4.44. The maximum atomic E-state index is 5.68. The fourth-order valence-corrected chi connectivity index (χ4v) is 2.26. The average Bonchev–Trinajstić information content (AvgIpc) is 3.12. The molecule has 1 fully saturated rings. The largest absolute Gasteiger partial charge is 0.369 e. The van der Waals surface area contributed by atoms with Crippen LogP contribution in [0, 0.1) is 0 Å². The van der Waals surface area contributed by atoms with Crippen molar-refractivity contribution in [3.8, 4) is 0 Å². The lowest BCUT2D eigenvalue weighted by atomic mass is 10.1. The first-order valence-electron chi connectivity index (χ1n) is 7.84. The van der Waals surface area contributed by atoms with E-state index in [1.807, 2.05) is 0 Å². The zero-order valence-corrected chi connectivity index (χ0v) is 12.2. The van der Waals surface area contributed by atoms with Gasteiger partial charge in [-0.1, -0.05) is 70.3 Å². The van der Waals surface area contributed by atoms with Crippen molar-refractivity contribution in [2.45, 2.75) is 83.8 Å².